The smallest absolute Gasteiger partial charge is 0.170 e. The first kappa shape index (κ1) is 13.9. The molecule has 1 N–H and O–H groups in total. The van der Waals surface area contributed by atoms with Crippen LogP contribution in [0.4, 0.5) is 5.69 Å². The van der Waals surface area contributed by atoms with Crippen molar-refractivity contribution < 1.29 is 4.74 Å². The summed E-state index contributed by atoms with van der Waals surface area (Å²) in [6.45, 7) is 4.74. The lowest BCUT2D eigenvalue weighted by molar-refractivity contribution is 0.416. The van der Waals surface area contributed by atoms with E-state index in [1.165, 1.54) is 17.5 Å². The van der Waals surface area contributed by atoms with Crippen molar-refractivity contribution in [1.29, 1.82) is 0 Å². The van der Waals surface area contributed by atoms with E-state index in [4.69, 9.17) is 4.74 Å². The summed E-state index contributed by atoms with van der Waals surface area (Å²) in [5.74, 6) is 1.72. The summed E-state index contributed by atoms with van der Waals surface area (Å²) in [6.07, 6.45) is 3.46. The van der Waals surface area contributed by atoms with Gasteiger partial charge in [-0.05, 0) is 60.7 Å². The Morgan fingerprint density at radius 2 is 2.19 bits per heavy atom. The fourth-order valence-electron chi connectivity index (χ4n) is 2.91. The Labute approximate surface area is 124 Å². The summed E-state index contributed by atoms with van der Waals surface area (Å²) in [6, 6.07) is 4.46. The molecule has 1 aromatic carbocycles. The Balaban J connectivity index is 1.85. The fraction of sp³-hybridized carbons (Fsp3) is 0.533. The van der Waals surface area contributed by atoms with E-state index in [-0.39, 0.29) is 6.04 Å². The van der Waals surface area contributed by atoms with Crippen LogP contribution in [0.25, 0.3) is 0 Å². The molecule has 1 aliphatic carbocycles. The molecule has 0 radical (unpaired) electrons. The first-order valence-corrected chi connectivity index (χ1v) is 7.40. The van der Waals surface area contributed by atoms with Gasteiger partial charge < -0.3 is 10.1 Å². The number of ether oxygens (including phenoxy) is 1. The van der Waals surface area contributed by atoms with Gasteiger partial charge in [0.1, 0.15) is 5.75 Å². The normalized spacial score (nSPS) is 13.5. The number of methoxy groups -OCH3 is 1. The molecule has 0 saturated heterocycles. The Bertz CT molecular complexity index is 635. The molecule has 2 aromatic rings. The molecule has 1 aromatic heterocycles. The lowest BCUT2D eigenvalue weighted by Crippen LogP contribution is -2.13. The molecule has 0 bridgehead atoms. The average molecular weight is 287 g/mol. The summed E-state index contributed by atoms with van der Waals surface area (Å²) in [5, 5.41) is 15.4. The van der Waals surface area contributed by atoms with Crippen LogP contribution in [0.2, 0.25) is 0 Å². The maximum absolute atomic E-state index is 5.50. The van der Waals surface area contributed by atoms with Crippen LogP contribution in [0, 0.1) is 0 Å². The van der Waals surface area contributed by atoms with E-state index < -0.39 is 0 Å². The lowest BCUT2D eigenvalue weighted by Gasteiger charge is -2.16. The van der Waals surface area contributed by atoms with Crippen molar-refractivity contribution in [1.82, 2.24) is 20.2 Å². The van der Waals surface area contributed by atoms with E-state index >= 15 is 0 Å². The van der Waals surface area contributed by atoms with Crippen molar-refractivity contribution in [3.63, 3.8) is 0 Å². The van der Waals surface area contributed by atoms with Crippen molar-refractivity contribution in [2.75, 3.05) is 12.4 Å². The van der Waals surface area contributed by atoms with Crippen molar-refractivity contribution >= 4 is 5.69 Å². The van der Waals surface area contributed by atoms with Crippen LogP contribution in [0.1, 0.15) is 43.3 Å². The summed E-state index contributed by atoms with van der Waals surface area (Å²) < 4.78 is 7.33. The van der Waals surface area contributed by atoms with Gasteiger partial charge >= 0.3 is 0 Å². The summed E-state index contributed by atoms with van der Waals surface area (Å²) in [5.41, 5.74) is 3.88. The third kappa shape index (κ3) is 2.57. The highest BCUT2D eigenvalue weighted by molar-refractivity contribution is 5.65. The zero-order chi connectivity index (χ0) is 14.8. The molecule has 0 saturated carbocycles. The minimum absolute atomic E-state index is 0.250. The maximum Gasteiger partial charge on any atom is 0.170 e. The molecule has 0 atom stereocenters. The number of benzene rings is 1. The number of nitrogens with zero attached hydrogens (tertiary/aromatic N) is 4. The van der Waals surface area contributed by atoms with E-state index in [0.29, 0.717) is 6.54 Å². The first-order valence-electron chi connectivity index (χ1n) is 7.40. The largest absolute Gasteiger partial charge is 0.495 e. The zero-order valence-electron chi connectivity index (χ0n) is 12.8. The molecule has 112 valence electrons. The summed E-state index contributed by atoms with van der Waals surface area (Å²) in [4.78, 5) is 0. The number of hydrogen-bond acceptors (Lipinski definition) is 5. The van der Waals surface area contributed by atoms with Crippen molar-refractivity contribution in [2.45, 2.75) is 45.7 Å². The fourth-order valence-corrected chi connectivity index (χ4v) is 2.91. The highest BCUT2D eigenvalue weighted by Crippen LogP contribution is 2.36. The number of hydrogen-bond donors (Lipinski definition) is 1. The second-order valence-corrected chi connectivity index (χ2v) is 5.62. The van der Waals surface area contributed by atoms with Gasteiger partial charge in [0.2, 0.25) is 0 Å². The number of anilines is 1. The number of aromatic nitrogens is 4. The molecule has 0 aliphatic heterocycles. The summed E-state index contributed by atoms with van der Waals surface area (Å²) >= 11 is 0. The van der Waals surface area contributed by atoms with Crippen LogP contribution in [-0.2, 0) is 19.4 Å². The monoisotopic (exact) mass is 287 g/mol. The lowest BCUT2D eigenvalue weighted by atomic mass is 10.1. The molecule has 6 nitrogen and oxygen atoms in total. The number of fused-ring (bicyclic) bond motifs is 1. The van der Waals surface area contributed by atoms with E-state index in [9.17, 15) is 0 Å². The predicted molar refractivity (Wildman–Crippen MR) is 80.5 cm³/mol. The molecule has 6 heteroatoms. The highest BCUT2D eigenvalue weighted by Gasteiger charge is 2.19. The van der Waals surface area contributed by atoms with Crippen LogP contribution in [0.3, 0.4) is 0 Å². The van der Waals surface area contributed by atoms with Gasteiger partial charge in [0, 0.05) is 0 Å². The van der Waals surface area contributed by atoms with E-state index in [1.807, 2.05) is 10.7 Å². The topological polar surface area (TPSA) is 64.9 Å². The van der Waals surface area contributed by atoms with Gasteiger partial charge in [-0.25, -0.2) is 4.68 Å². The van der Waals surface area contributed by atoms with Crippen LogP contribution in [0.15, 0.2) is 12.1 Å². The number of rotatable bonds is 5. The van der Waals surface area contributed by atoms with Crippen LogP contribution >= 0.6 is 0 Å². The number of aryl methyl sites for hydroxylation is 1. The number of tetrazole rings is 1. The Kier molecular flexibility index (Phi) is 3.77. The predicted octanol–water partition coefficient (Wildman–Crippen LogP) is 2.36. The van der Waals surface area contributed by atoms with E-state index in [1.54, 1.807) is 7.11 Å². The Hall–Kier alpha value is -2.11. The molecule has 3 rings (SSSR count). The second-order valence-electron chi connectivity index (χ2n) is 5.62. The molecule has 1 aliphatic rings. The van der Waals surface area contributed by atoms with Gasteiger partial charge in [0.25, 0.3) is 0 Å². The van der Waals surface area contributed by atoms with Gasteiger partial charge in [-0.1, -0.05) is 6.07 Å². The van der Waals surface area contributed by atoms with Gasteiger partial charge in [-0.3, -0.25) is 0 Å². The molecule has 21 heavy (non-hydrogen) atoms. The third-order valence-corrected chi connectivity index (χ3v) is 3.94. The Morgan fingerprint density at radius 1 is 1.33 bits per heavy atom. The summed E-state index contributed by atoms with van der Waals surface area (Å²) in [7, 11) is 1.71. The second kappa shape index (κ2) is 5.71. The van der Waals surface area contributed by atoms with Crippen LogP contribution < -0.4 is 10.1 Å². The molecule has 0 fully saturated rings. The first-order chi connectivity index (χ1) is 10.2. The maximum atomic E-state index is 5.50. The zero-order valence-corrected chi connectivity index (χ0v) is 12.8. The number of nitrogens with one attached hydrogen (secondary N) is 1. The van der Waals surface area contributed by atoms with Gasteiger partial charge in [0.05, 0.1) is 25.4 Å². The molecule has 0 unspecified atom stereocenters. The van der Waals surface area contributed by atoms with Crippen LogP contribution in [-0.4, -0.2) is 27.3 Å². The average Bonchev–Trinajstić information content (AvgIpc) is 3.13. The Morgan fingerprint density at radius 3 is 2.95 bits per heavy atom. The molecule has 1 heterocycles. The molecule has 0 amide bonds. The van der Waals surface area contributed by atoms with Gasteiger partial charge in [-0.15, -0.1) is 5.10 Å². The van der Waals surface area contributed by atoms with Gasteiger partial charge in [0.15, 0.2) is 5.82 Å². The minimum atomic E-state index is 0.250. The minimum Gasteiger partial charge on any atom is -0.495 e. The highest BCUT2D eigenvalue weighted by atomic mass is 16.5. The quantitative estimate of drug-likeness (QED) is 0.914. The van der Waals surface area contributed by atoms with E-state index in [2.05, 4.69) is 40.8 Å². The SMILES string of the molecule is COc1ccc2c(c1NCc1nnnn1C(C)C)CCC2. The van der Waals surface area contributed by atoms with Crippen LogP contribution in [0.5, 0.6) is 5.75 Å². The molecule has 0 spiro atoms. The van der Waals surface area contributed by atoms with Gasteiger partial charge in [-0.2, -0.15) is 0 Å². The van der Waals surface area contributed by atoms with Crippen molar-refractivity contribution in [3.05, 3.63) is 29.1 Å². The molecular weight excluding hydrogens is 266 g/mol. The molecular formula is C15H21N5O. The van der Waals surface area contributed by atoms with Crippen molar-refractivity contribution in [2.24, 2.45) is 0 Å². The van der Waals surface area contributed by atoms with E-state index in [0.717, 1.165) is 30.1 Å². The third-order valence-electron chi connectivity index (χ3n) is 3.94. The van der Waals surface area contributed by atoms with Crippen molar-refractivity contribution in [3.8, 4) is 5.75 Å². The standard InChI is InChI=1S/C15H21N5O/c1-10(2)20-14(17-18-19-20)9-16-15-12-6-4-5-11(12)7-8-13(15)21-3/h7-8,10,16H,4-6,9H2,1-3H3.